The molecule has 0 spiro atoms. The predicted molar refractivity (Wildman–Crippen MR) is 78.2 cm³/mol. The summed E-state index contributed by atoms with van der Waals surface area (Å²) in [6.45, 7) is 6.67. The number of nitrogens with one attached hydrogen (secondary N) is 1. The van der Waals surface area contributed by atoms with Gasteiger partial charge in [0.15, 0.2) is 0 Å². The van der Waals surface area contributed by atoms with Crippen molar-refractivity contribution in [2.45, 2.75) is 25.9 Å². The summed E-state index contributed by atoms with van der Waals surface area (Å²) >= 11 is 0. The van der Waals surface area contributed by atoms with Crippen LogP contribution in [0.3, 0.4) is 0 Å². The first-order valence-electron chi connectivity index (χ1n) is 7.07. The molecule has 1 unspecified atom stereocenters. The van der Waals surface area contributed by atoms with Gasteiger partial charge in [-0.05, 0) is 26.0 Å². The van der Waals surface area contributed by atoms with Crippen LogP contribution in [0.15, 0.2) is 18.2 Å². The second-order valence-electron chi connectivity index (χ2n) is 5.37. The van der Waals surface area contributed by atoms with Crippen LogP contribution in [0, 0.1) is 0 Å². The standard InChI is InChI=1S/C15H21N3O2/c1-10(2)18-14-5-4-11(19-3)8-12(14)17-15(18)13-9-20-7-6-16-13/h4-5,8,10,13,16H,6-7,9H2,1-3H3. The van der Waals surface area contributed by atoms with Crippen LogP contribution in [0.2, 0.25) is 0 Å². The summed E-state index contributed by atoms with van der Waals surface area (Å²) in [4.78, 5) is 4.81. The minimum Gasteiger partial charge on any atom is -0.497 e. The third-order valence-corrected chi connectivity index (χ3v) is 3.67. The van der Waals surface area contributed by atoms with Crippen molar-refractivity contribution in [1.82, 2.24) is 14.9 Å². The quantitative estimate of drug-likeness (QED) is 0.933. The van der Waals surface area contributed by atoms with Gasteiger partial charge in [-0.2, -0.15) is 0 Å². The second-order valence-corrected chi connectivity index (χ2v) is 5.37. The summed E-state index contributed by atoms with van der Waals surface area (Å²) < 4.78 is 13.1. The number of benzene rings is 1. The SMILES string of the molecule is COc1ccc2c(c1)nc(C1COCCN1)n2C(C)C. The number of morpholine rings is 1. The highest BCUT2D eigenvalue weighted by Gasteiger charge is 2.23. The van der Waals surface area contributed by atoms with Crippen LogP contribution in [0.1, 0.15) is 31.8 Å². The van der Waals surface area contributed by atoms with Crippen molar-refractivity contribution < 1.29 is 9.47 Å². The zero-order valence-corrected chi connectivity index (χ0v) is 12.2. The maximum atomic E-state index is 5.57. The molecule has 0 amide bonds. The average molecular weight is 275 g/mol. The first-order chi connectivity index (χ1) is 9.70. The molecule has 1 aliphatic heterocycles. The Labute approximate surface area is 118 Å². The fourth-order valence-corrected chi connectivity index (χ4v) is 2.74. The lowest BCUT2D eigenvalue weighted by Crippen LogP contribution is -2.36. The second kappa shape index (κ2) is 5.42. The van der Waals surface area contributed by atoms with E-state index in [1.54, 1.807) is 7.11 Å². The molecular weight excluding hydrogens is 254 g/mol. The number of nitrogens with zero attached hydrogens (tertiary/aromatic N) is 2. The van der Waals surface area contributed by atoms with E-state index in [1.807, 2.05) is 12.1 Å². The van der Waals surface area contributed by atoms with Gasteiger partial charge in [-0.1, -0.05) is 0 Å². The van der Waals surface area contributed by atoms with E-state index in [0.29, 0.717) is 12.6 Å². The molecule has 5 heteroatoms. The third-order valence-electron chi connectivity index (χ3n) is 3.67. The lowest BCUT2D eigenvalue weighted by Gasteiger charge is -2.25. The molecule has 20 heavy (non-hydrogen) atoms. The van der Waals surface area contributed by atoms with E-state index in [-0.39, 0.29) is 6.04 Å². The maximum Gasteiger partial charge on any atom is 0.129 e. The summed E-state index contributed by atoms with van der Waals surface area (Å²) in [6.07, 6.45) is 0. The highest BCUT2D eigenvalue weighted by Crippen LogP contribution is 2.28. The highest BCUT2D eigenvalue weighted by molar-refractivity contribution is 5.78. The molecule has 0 bridgehead atoms. The van der Waals surface area contributed by atoms with E-state index in [4.69, 9.17) is 14.5 Å². The van der Waals surface area contributed by atoms with Gasteiger partial charge in [-0.15, -0.1) is 0 Å². The molecule has 5 nitrogen and oxygen atoms in total. The maximum absolute atomic E-state index is 5.57. The predicted octanol–water partition coefficient (Wildman–Crippen LogP) is 2.29. The minimum atomic E-state index is 0.157. The van der Waals surface area contributed by atoms with Gasteiger partial charge in [0, 0.05) is 18.7 Å². The molecule has 1 aromatic heterocycles. The van der Waals surface area contributed by atoms with Gasteiger partial charge >= 0.3 is 0 Å². The first kappa shape index (κ1) is 13.4. The van der Waals surface area contributed by atoms with Crippen LogP contribution in [0.4, 0.5) is 0 Å². The smallest absolute Gasteiger partial charge is 0.129 e. The summed E-state index contributed by atoms with van der Waals surface area (Å²) in [7, 11) is 1.68. The van der Waals surface area contributed by atoms with Gasteiger partial charge in [-0.25, -0.2) is 4.98 Å². The molecular formula is C15H21N3O2. The Morgan fingerprint density at radius 2 is 2.30 bits per heavy atom. The molecule has 3 rings (SSSR count). The average Bonchev–Trinajstić information content (AvgIpc) is 2.86. The number of hydrogen-bond acceptors (Lipinski definition) is 4. The van der Waals surface area contributed by atoms with Crippen LogP contribution >= 0.6 is 0 Å². The van der Waals surface area contributed by atoms with Crippen molar-refractivity contribution in [2.75, 3.05) is 26.9 Å². The van der Waals surface area contributed by atoms with E-state index in [9.17, 15) is 0 Å². The minimum absolute atomic E-state index is 0.157. The van der Waals surface area contributed by atoms with Crippen molar-refractivity contribution in [3.63, 3.8) is 0 Å². The summed E-state index contributed by atoms with van der Waals surface area (Å²) in [5, 5.41) is 3.48. The number of ether oxygens (including phenoxy) is 2. The highest BCUT2D eigenvalue weighted by atomic mass is 16.5. The third kappa shape index (κ3) is 2.27. The fraction of sp³-hybridized carbons (Fsp3) is 0.533. The number of aromatic nitrogens is 2. The topological polar surface area (TPSA) is 48.3 Å². The Morgan fingerprint density at radius 1 is 1.45 bits per heavy atom. The molecule has 0 saturated carbocycles. The molecule has 1 fully saturated rings. The Kier molecular flexibility index (Phi) is 3.63. The normalized spacial score (nSPS) is 19.7. The number of fused-ring (bicyclic) bond motifs is 1. The van der Waals surface area contributed by atoms with E-state index < -0.39 is 0 Å². The van der Waals surface area contributed by atoms with Gasteiger partial charge in [0.25, 0.3) is 0 Å². The molecule has 108 valence electrons. The van der Waals surface area contributed by atoms with Gasteiger partial charge in [0.1, 0.15) is 11.6 Å². The molecule has 1 atom stereocenters. The van der Waals surface area contributed by atoms with Gasteiger partial charge in [0.05, 0.1) is 37.4 Å². The fourth-order valence-electron chi connectivity index (χ4n) is 2.74. The summed E-state index contributed by atoms with van der Waals surface area (Å²) in [5.74, 6) is 1.88. The number of hydrogen-bond donors (Lipinski definition) is 1. The Morgan fingerprint density at radius 3 is 2.95 bits per heavy atom. The molecule has 0 radical (unpaired) electrons. The van der Waals surface area contributed by atoms with Gasteiger partial charge < -0.3 is 19.4 Å². The van der Waals surface area contributed by atoms with Crippen LogP contribution in [-0.4, -0.2) is 36.4 Å². The van der Waals surface area contributed by atoms with Crippen LogP contribution in [0.25, 0.3) is 11.0 Å². The molecule has 0 aliphatic carbocycles. The van der Waals surface area contributed by atoms with Crippen LogP contribution < -0.4 is 10.1 Å². The Hall–Kier alpha value is -1.59. The lowest BCUT2D eigenvalue weighted by molar-refractivity contribution is 0.0729. The van der Waals surface area contributed by atoms with E-state index in [0.717, 1.165) is 35.8 Å². The molecule has 1 aromatic carbocycles. The Balaban J connectivity index is 2.11. The van der Waals surface area contributed by atoms with Crippen LogP contribution in [-0.2, 0) is 4.74 Å². The van der Waals surface area contributed by atoms with Crippen molar-refractivity contribution in [3.05, 3.63) is 24.0 Å². The van der Waals surface area contributed by atoms with Gasteiger partial charge in [-0.3, -0.25) is 0 Å². The zero-order valence-electron chi connectivity index (χ0n) is 12.2. The van der Waals surface area contributed by atoms with E-state index >= 15 is 0 Å². The first-order valence-corrected chi connectivity index (χ1v) is 7.07. The lowest BCUT2D eigenvalue weighted by atomic mass is 10.2. The van der Waals surface area contributed by atoms with Crippen LogP contribution in [0.5, 0.6) is 5.75 Å². The number of rotatable bonds is 3. The van der Waals surface area contributed by atoms with Crippen molar-refractivity contribution in [1.29, 1.82) is 0 Å². The summed E-state index contributed by atoms with van der Waals surface area (Å²) in [6, 6.07) is 6.56. The number of methoxy groups -OCH3 is 1. The number of imidazole rings is 1. The Bertz CT molecular complexity index is 600. The monoisotopic (exact) mass is 275 g/mol. The van der Waals surface area contributed by atoms with Crippen molar-refractivity contribution >= 4 is 11.0 Å². The largest absolute Gasteiger partial charge is 0.497 e. The molecule has 2 aromatic rings. The van der Waals surface area contributed by atoms with E-state index in [1.165, 1.54) is 0 Å². The molecule has 2 heterocycles. The van der Waals surface area contributed by atoms with Crippen molar-refractivity contribution in [3.8, 4) is 5.75 Å². The van der Waals surface area contributed by atoms with Gasteiger partial charge in [0.2, 0.25) is 0 Å². The summed E-state index contributed by atoms with van der Waals surface area (Å²) in [5.41, 5.74) is 2.11. The van der Waals surface area contributed by atoms with Crippen molar-refractivity contribution in [2.24, 2.45) is 0 Å². The van der Waals surface area contributed by atoms with E-state index in [2.05, 4.69) is 29.8 Å². The zero-order chi connectivity index (χ0) is 14.1. The molecule has 1 N–H and O–H groups in total. The molecule has 1 aliphatic rings. The molecule has 1 saturated heterocycles.